The summed E-state index contributed by atoms with van der Waals surface area (Å²) in [7, 11) is 0. The second-order valence-corrected chi connectivity index (χ2v) is 6.33. The van der Waals surface area contributed by atoms with E-state index >= 15 is 0 Å². The summed E-state index contributed by atoms with van der Waals surface area (Å²) in [5.41, 5.74) is 1.93. The van der Waals surface area contributed by atoms with Crippen LogP contribution in [0.5, 0.6) is 0 Å². The van der Waals surface area contributed by atoms with Crippen molar-refractivity contribution in [3.63, 3.8) is 0 Å². The van der Waals surface area contributed by atoms with E-state index < -0.39 is 5.97 Å². The molecule has 0 aliphatic heterocycles. The van der Waals surface area contributed by atoms with E-state index in [1.54, 1.807) is 18.3 Å². The molecule has 24 heavy (non-hydrogen) atoms. The van der Waals surface area contributed by atoms with Crippen molar-refractivity contribution in [3.8, 4) is 11.1 Å². The number of aromatic carboxylic acids is 1. The van der Waals surface area contributed by atoms with Gasteiger partial charge >= 0.3 is 5.97 Å². The minimum atomic E-state index is -1.07. The molecular weight excluding hydrogens is 324 g/mol. The smallest absolute Gasteiger partial charge is 0.339 e. The number of pyridine rings is 1. The zero-order chi connectivity index (χ0) is 17.1. The van der Waals surface area contributed by atoms with Gasteiger partial charge in [-0.05, 0) is 24.6 Å². The van der Waals surface area contributed by atoms with Crippen molar-refractivity contribution >= 4 is 28.2 Å². The molecule has 0 fully saturated rings. The van der Waals surface area contributed by atoms with E-state index in [0.717, 1.165) is 10.4 Å². The van der Waals surface area contributed by atoms with Gasteiger partial charge in [-0.3, -0.25) is 9.78 Å². The average Bonchev–Trinajstić information content (AvgIpc) is 2.92. The maximum absolute atomic E-state index is 12.3. The Kier molecular flexibility index (Phi) is 4.39. The molecule has 0 saturated carbocycles. The highest BCUT2D eigenvalue weighted by atomic mass is 32.1. The molecule has 1 amide bonds. The van der Waals surface area contributed by atoms with Gasteiger partial charge in [0.2, 0.25) is 0 Å². The molecule has 2 aromatic heterocycles. The van der Waals surface area contributed by atoms with Crippen LogP contribution in [0.4, 0.5) is 5.00 Å². The first-order chi connectivity index (χ1) is 11.6. The molecular formula is C18H14N2O3S. The standard InChI is InChI=1S/C18H14N2O3S/c1-11-14(12-6-3-2-4-7-12)15(18(22)23)17(24-11)20-16(21)13-8-5-9-19-10-13/h2-10H,1H3,(H,20,21)(H,22,23). The first kappa shape index (κ1) is 15.9. The third-order valence-electron chi connectivity index (χ3n) is 3.51. The molecule has 6 heteroatoms. The van der Waals surface area contributed by atoms with Crippen LogP contribution in [0.3, 0.4) is 0 Å². The molecule has 0 saturated heterocycles. The second-order valence-electron chi connectivity index (χ2n) is 5.10. The van der Waals surface area contributed by atoms with Crippen molar-refractivity contribution in [1.29, 1.82) is 0 Å². The normalized spacial score (nSPS) is 10.4. The van der Waals surface area contributed by atoms with Crippen LogP contribution in [-0.4, -0.2) is 22.0 Å². The molecule has 2 heterocycles. The van der Waals surface area contributed by atoms with Gasteiger partial charge in [0.1, 0.15) is 10.6 Å². The molecule has 0 spiro atoms. The number of carbonyl (C=O) groups excluding carboxylic acids is 1. The summed E-state index contributed by atoms with van der Waals surface area (Å²) in [5, 5.41) is 12.7. The van der Waals surface area contributed by atoms with Crippen molar-refractivity contribution in [2.45, 2.75) is 6.92 Å². The maximum atomic E-state index is 12.3. The number of nitrogens with zero attached hydrogens (tertiary/aromatic N) is 1. The fourth-order valence-corrected chi connectivity index (χ4v) is 3.52. The molecule has 0 unspecified atom stereocenters. The number of carbonyl (C=O) groups is 2. The van der Waals surface area contributed by atoms with E-state index in [1.165, 1.54) is 17.5 Å². The average molecular weight is 338 g/mol. The molecule has 3 rings (SSSR count). The predicted octanol–water partition coefficient (Wildman–Crippen LogP) is 4.07. The monoisotopic (exact) mass is 338 g/mol. The van der Waals surface area contributed by atoms with Gasteiger partial charge in [0.25, 0.3) is 5.91 Å². The Morgan fingerprint density at radius 2 is 1.88 bits per heavy atom. The molecule has 0 bridgehead atoms. The quantitative estimate of drug-likeness (QED) is 0.751. The van der Waals surface area contributed by atoms with E-state index in [-0.39, 0.29) is 11.5 Å². The lowest BCUT2D eigenvalue weighted by Crippen LogP contribution is -2.13. The second kappa shape index (κ2) is 6.64. The molecule has 3 aromatic rings. The number of nitrogens with one attached hydrogen (secondary N) is 1. The van der Waals surface area contributed by atoms with Crippen LogP contribution in [0.1, 0.15) is 25.6 Å². The fourth-order valence-electron chi connectivity index (χ4n) is 2.46. The zero-order valence-corrected chi connectivity index (χ0v) is 13.6. The number of aromatic nitrogens is 1. The number of rotatable bonds is 4. The minimum Gasteiger partial charge on any atom is -0.478 e. The van der Waals surface area contributed by atoms with E-state index in [4.69, 9.17) is 0 Å². The summed E-state index contributed by atoms with van der Waals surface area (Å²) in [5.74, 6) is -1.45. The van der Waals surface area contributed by atoms with Crippen LogP contribution >= 0.6 is 11.3 Å². The highest BCUT2D eigenvalue weighted by Crippen LogP contribution is 2.40. The molecule has 0 aliphatic carbocycles. The Labute approximate surface area is 142 Å². The third-order valence-corrected chi connectivity index (χ3v) is 4.53. The molecule has 5 nitrogen and oxygen atoms in total. The number of hydrogen-bond acceptors (Lipinski definition) is 4. The lowest BCUT2D eigenvalue weighted by Gasteiger charge is -2.06. The van der Waals surface area contributed by atoms with Gasteiger partial charge in [-0.1, -0.05) is 30.3 Å². The topological polar surface area (TPSA) is 79.3 Å². The number of amides is 1. The highest BCUT2D eigenvalue weighted by molar-refractivity contribution is 7.17. The van der Waals surface area contributed by atoms with Gasteiger partial charge < -0.3 is 10.4 Å². The molecule has 2 N–H and O–H groups in total. The van der Waals surface area contributed by atoms with E-state index in [2.05, 4.69) is 10.3 Å². The Morgan fingerprint density at radius 1 is 1.12 bits per heavy atom. The van der Waals surface area contributed by atoms with Crippen molar-refractivity contribution in [2.75, 3.05) is 5.32 Å². The Bertz CT molecular complexity index is 889. The third kappa shape index (κ3) is 3.04. The summed E-state index contributed by atoms with van der Waals surface area (Å²) < 4.78 is 0. The van der Waals surface area contributed by atoms with E-state index in [9.17, 15) is 14.7 Å². The van der Waals surface area contributed by atoms with Crippen LogP contribution in [0.2, 0.25) is 0 Å². The molecule has 0 aliphatic rings. The van der Waals surface area contributed by atoms with Crippen molar-refractivity contribution in [2.24, 2.45) is 0 Å². The zero-order valence-electron chi connectivity index (χ0n) is 12.8. The first-order valence-electron chi connectivity index (χ1n) is 7.21. The van der Waals surface area contributed by atoms with Gasteiger partial charge in [0.05, 0.1) is 5.56 Å². The van der Waals surface area contributed by atoms with Gasteiger partial charge in [-0.2, -0.15) is 0 Å². The van der Waals surface area contributed by atoms with Crippen LogP contribution in [0.15, 0.2) is 54.9 Å². The summed E-state index contributed by atoms with van der Waals surface area (Å²) >= 11 is 1.25. The summed E-state index contributed by atoms with van der Waals surface area (Å²) in [6, 6.07) is 12.6. The first-order valence-corrected chi connectivity index (χ1v) is 8.03. The number of benzene rings is 1. The number of carboxylic acids is 1. The molecule has 120 valence electrons. The van der Waals surface area contributed by atoms with E-state index in [1.807, 2.05) is 37.3 Å². The van der Waals surface area contributed by atoms with Crippen molar-refractivity contribution in [1.82, 2.24) is 4.98 Å². The Morgan fingerprint density at radius 3 is 2.50 bits per heavy atom. The van der Waals surface area contributed by atoms with Gasteiger partial charge in [0, 0.05) is 22.8 Å². The number of anilines is 1. The van der Waals surface area contributed by atoms with Gasteiger partial charge in [-0.15, -0.1) is 11.3 Å². The fraction of sp³-hybridized carbons (Fsp3) is 0.0556. The number of thiophene rings is 1. The van der Waals surface area contributed by atoms with Crippen molar-refractivity contribution < 1.29 is 14.7 Å². The SMILES string of the molecule is Cc1sc(NC(=O)c2cccnc2)c(C(=O)O)c1-c1ccccc1. The van der Waals surface area contributed by atoms with Crippen LogP contribution in [-0.2, 0) is 0 Å². The van der Waals surface area contributed by atoms with Crippen LogP contribution in [0, 0.1) is 6.92 Å². The predicted molar refractivity (Wildman–Crippen MR) is 93.6 cm³/mol. The largest absolute Gasteiger partial charge is 0.478 e. The number of carboxylic acid groups (broad SMARTS) is 1. The summed E-state index contributed by atoms with van der Waals surface area (Å²) in [4.78, 5) is 28.8. The van der Waals surface area contributed by atoms with Crippen LogP contribution in [0.25, 0.3) is 11.1 Å². The van der Waals surface area contributed by atoms with Gasteiger partial charge in [0.15, 0.2) is 0 Å². The van der Waals surface area contributed by atoms with Crippen molar-refractivity contribution in [3.05, 3.63) is 70.9 Å². The lowest BCUT2D eigenvalue weighted by molar-refractivity contribution is 0.0699. The molecule has 1 aromatic carbocycles. The maximum Gasteiger partial charge on any atom is 0.339 e. The lowest BCUT2D eigenvalue weighted by atomic mass is 10.0. The molecule has 0 atom stereocenters. The minimum absolute atomic E-state index is 0.112. The number of aryl methyl sites for hydroxylation is 1. The highest BCUT2D eigenvalue weighted by Gasteiger charge is 2.24. The van der Waals surface area contributed by atoms with Gasteiger partial charge in [-0.25, -0.2) is 4.79 Å². The Balaban J connectivity index is 2.03. The number of hydrogen-bond donors (Lipinski definition) is 2. The summed E-state index contributed by atoms with van der Waals surface area (Å²) in [6.07, 6.45) is 3.01. The molecule has 0 radical (unpaired) electrons. The van der Waals surface area contributed by atoms with E-state index in [0.29, 0.717) is 16.1 Å². The summed E-state index contributed by atoms with van der Waals surface area (Å²) in [6.45, 7) is 1.85. The van der Waals surface area contributed by atoms with Crippen LogP contribution < -0.4 is 5.32 Å². The Hall–Kier alpha value is -2.99.